The molecule has 0 saturated heterocycles. The number of rotatable bonds is 6. The van der Waals surface area contributed by atoms with E-state index in [0.29, 0.717) is 5.56 Å². The third-order valence-electron chi connectivity index (χ3n) is 3.17. The number of nitrogens with zero attached hydrogens (tertiary/aromatic N) is 1. The van der Waals surface area contributed by atoms with Gasteiger partial charge in [0.1, 0.15) is 0 Å². The van der Waals surface area contributed by atoms with Crippen LogP contribution >= 0.6 is 0 Å². The number of pyridine rings is 1. The molecule has 120 valence electrons. The van der Waals surface area contributed by atoms with Crippen LogP contribution in [-0.4, -0.2) is 23.5 Å². The average Bonchev–Trinajstić information content (AvgIpc) is 2.53. The lowest BCUT2D eigenvalue weighted by Crippen LogP contribution is -2.23. The van der Waals surface area contributed by atoms with E-state index in [1.165, 1.54) is 6.20 Å². The predicted molar refractivity (Wildman–Crippen MR) is 84.6 cm³/mol. The van der Waals surface area contributed by atoms with Crippen molar-refractivity contribution in [1.82, 2.24) is 4.98 Å². The molecule has 0 aliphatic heterocycles. The Morgan fingerprint density at radius 2 is 2.04 bits per heavy atom. The number of aromatic nitrogens is 1. The van der Waals surface area contributed by atoms with Crippen LogP contribution in [0.25, 0.3) is 0 Å². The third kappa shape index (κ3) is 4.92. The molecule has 0 radical (unpaired) electrons. The maximum absolute atomic E-state index is 12.2. The second-order valence-corrected chi connectivity index (χ2v) is 5.07. The Kier molecular flexibility index (Phi) is 5.86. The fraction of sp³-hybridized carbons (Fsp3) is 0.278. The van der Waals surface area contributed by atoms with Crippen LogP contribution in [0, 0.1) is 6.92 Å². The maximum atomic E-state index is 12.2. The highest BCUT2D eigenvalue weighted by Gasteiger charge is 2.26. The van der Waals surface area contributed by atoms with Crippen LogP contribution in [0.4, 0.5) is 0 Å². The summed E-state index contributed by atoms with van der Waals surface area (Å²) in [5.41, 5.74) is 2.39. The van der Waals surface area contributed by atoms with Crippen LogP contribution in [0.3, 0.4) is 0 Å². The van der Waals surface area contributed by atoms with Gasteiger partial charge in [0.25, 0.3) is 0 Å². The molecule has 0 fully saturated rings. The standard InChI is InChI=1S/C18H19NO4/c1-3-22-18(21)17(15-8-5-9-19-12-15)23-16(20)11-14-7-4-6-13(2)10-14/h4-10,12,17H,3,11H2,1-2H3. The van der Waals surface area contributed by atoms with E-state index in [9.17, 15) is 9.59 Å². The highest BCUT2D eigenvalue weighted by atomic mass is 16.6. The number of hydrogen-bond donors (Lipinski definition) is 0. The quantitative estimate of drug-likeness (QED) is 0.767. The summed E-state index contributed by atoms with van der Waals surface area (Å²) in [6, 6.07) is 10.9. The molecule has 2 rings (SSSR count). The topological polar surface area (TPSA) is 65.5 Å². The molecule has 2 aromatic rings. The van der Waals surface area contributed by atoms with Crippen molar-refractivity contribution in [1.29, 1.82) is 0 Å². The molecular weight excluding hydrogens is 294 g/mol. The minimum absolute atomic E-state index is 0.0951. The molecule has 1 aromatic heterocycles. The van der Waals surface area contributed by atoms with Gasteiger partial charge in [0.15, 0.2) is 0 Å². The van der Waals surface area contributed by atoms with Gasteiger partial charge in [-0.3, -0.25) is 9.78 Å². The first kappa shape index (κ1) is 16.7. The van der Waals surface area contributed by atoms with Crippen molar-refractivity contribution in [3.8, 4) is 0 Å². The molecule has 0 saturated carbocycles. The van der Waals surface area contributed by atoms with Gasteiger partial charge in [0, 0.05) is 18.0 Å². The van der Waals surface area contributed by atoms with Crippen LogP contribution in [-0.2, 0) is 25.5 Å². The molecule has 0 amide bonds. The zero-order chi connectivity index (χ0) is 16.7. The largest absolute Gasteiger partial charge is 0.463 e. The first-order chi connectivity index (χ1) is 11.1. The van der Waals surface area contributed by atoms with Gasteiger partial charge in [-0.1, -0.05) is 35.9 Å². The van der Waals surface area contributed by atoms with Crippen molar-refractivity contribution in [3.05, 3.63) is 65.5 Å². The number of carbonyl (C=O) groups excluding carboxylic acids is 2. The molecule has 1 atom stereocenters. The molecule has 1 heterocycles. The first-order valence-corrected chi connectivity index (χ1v) is 7.41. The highest BCUT2D eigenvalue weighted by Crippen LogP contribution is 2.19. The van der Waals surface area contributed by atoms with E-state index in [2.05, 4.69) is 4.98 Å². The summed E-state index contributed by atoms with van der Waals surface area (Å²) in [4.78, 5) is 28.2. The summed E-state index contributed by atoms with van der Waals surface area (Å²) in [6.07, 6.45) is 2.07. The van der Waals surface area contributed by atoms with Gasteiger partial charge in [0.2, 0.25) is 6.10 Å². The maximum Gasteiger partial charge on any atom is 0.352 e. The van der Waals surface area contributed by atoms with Gasteiger partial charge in [-0.05, 0) is 25.5 Å². The van der Waals surface area contributed by atoms with E-state index < -0.39 is 18.0 Å². The number of ether oxygens (including phenoxy) is 2. The molecule has 23 heavy (non-hydrogen) atoms. The summed E-state index contributed by atoms with van der Waals surface area (Å²) in [6.45, 7) is 3.86. The number of benzene rings is 1. The van der Waals surface area contributed by atoms with E-state index in [0.717, 1.165) is 11.1 Å². The Labute approximate surface area is 135 Å². The van der Waals surface area contributed by atoms with Crippen LogP contribution in [0.15, 0.2) is 48.8 Å². The van der Waals surface area contributed by atoms with Crippen molar-refractivity contribution in [2.24, 2.45) is 0 Å². The number of hydrogen-bond acceptors (Lipinski definition) is 5. The third-order valence-corrected chi connectivity index (χ3v) is 3.17. The molecular formula is C18H19NO4. The molecule has 1 aromatic carbocycles. The molecule has 0 N–H and O–H groups in total. The number of esters is 2. The van der Waals surface area contributed by atoms with E-state index in [1.807, 2.05) is 31.2 Å². The average molecular weight is 313 g/mol. The van der Waals surface area contributed by atoms with Crippen molar-refractivity contribution in [2.75, 3.05) is 6.61 Å². The number of aryl methyl sites for hydroxylation is 1. The Bertz CT molecular complexity index is 670. The summed E-state index contributed by atoms with van der Waals surface area (Å²) < 4.78 is 10.3. The predicted octanol–water partition coefficient (Wildman–Crippen LogP) is 2.78. The molecule has 5 heteroatoms. The fourth-order valence-corrected chi connectivity index (χ4v) is 2.16. The van der Waals surface area contributed by atoms with E-state index in [1.54, 1.807) is 25.3 Å². The van der Waals surface area contributed by atoms with Gasteiger partial charge in [-0.25, -0.2) is 4.79 Å². The van der Waals surface area contributed by atoms with Crippen molar-refractivity contribution < 1.29 is 19.1 Å². The SMILES string of the molecule is CCOC(=O)C(OC(=O)Cc1cccc(C)c1)c1cccnc1. The van der Waals surface area contributed by atoms with Crippen molar-refractivity contribution in [3.63, 3.8) is 0 Å². The van der Waals surface area contributed by atoms with Crippen LogP contribution < -0.4 is 0 Å². The van der Waals surface area contributed by atoms with Gasteiger partial charge in [0.05, 0.1) is 13.0 Å². The smallest absolute Gasteiger partial charge is 0.352 e. The fourth-order valence-electron chi connectivity index (χ4n) is 2.16. The van der Waals surface area contributed by atoms with Gasteiger partial charge in [-0.2, -0.15) is 0 Å². The minimum Gasteiger partial charge on any atom is -0.463 e. The Morgan fingerprint density at radius 3 is 2.70 bits per heavy atom. The monoisotopic (exact) mass is 313 g/mol. The summed E-state index contributed by atoms with van der Waals surface area (Å²) in [7, 11) is 0. The lowest BCUT2D eigenvalue weighted by atomic mass is 10.1. The zero-order valence-electron chi connectivity index (χ0n) is 13.2. The van der Waals surface area contributed by atoms with Gasteiger partial charge in [-0.15, -0.1) is 0 Å². The molecule has 1 unspecified atom stereocenters. The Balaban J connectivity index is 2.11. The van der Waals surface area contributed by atoms with E-state index in [-0.39, 0.29) is 13.0 Å². The zero-order valence-corrected chi connectivity index (χ0v) is 13.2. The lowest BCUT2D eigenvalue weighted by Gasteiger charge is -2.16. The van der Waals surface area contributed by atoms with Gasteiger partial charge < -0.3 is 9.47 Å². The number of carbonyl (C=O) groups is 2. The normalized spacial score (nSPS) is 11.6. The summed E-state index contributed by atoms with van der Waals surface area (Å²) >= 11 is 0. The first-order valence-electron chi connectivity index (χ1n) is 7.41. The van der Waals surface area contributed by atoms with Crippen LogP contribution in [0.1, 0.15) is 29.7 Å². The van der Waals surface area contributed by atoms with E-state index in [4.69, 9.17) is 9.47 Å². The van der Waals surface area contributed by atoms with Gasteiger partial charge >= 0.3 is 11.9 Å². The lowest BCUT2D eigenvalue weighted by molar-refractivity contribution is -0.167. The van der Waals surface area contributed by atoms with Crippen LogP contribution in [0.2, 0.25) is 0 Å². The van der Waals surface area contributed by atoms with Crippen molar-refractivity contribution in [2.45, 2.75) is 26.4 Å². The summed E-state index contributed by atoms with van der Waals surface area (Å²) in [5.74, 6) is -1.09. The second-order valence-electron chi connectivity index (χ2n) is 5.07. The van der Waals surface area contributed by atoms with E-state index >= 15 is 0 Å². The summed E-state index contributed by atoms with van der Waals surface area (Å²) in [5, 5.41) is 0. The minimum atomic E-state index is -1.10. The molecule has 0 aliphatic rings. The van der Waals surface area contributed by atoms with Crippen molar-refractivity contribution >= 4 is 11.9 Å². The van der Waals surface area contributed by atoms with Crippen LogP contribution in [0.5, 0.6) is 0 Å². The molecule has 5 nitrogen and oxygen atoms in total. The molecule has 0 bridgehead atoms. The molecule has 0 aliphatic carbocycles. The molecule has 0 spiro atoms. The Morgan fingerprint density at radius 1 is 1.22 bits per heavy atom. The highest BCUT2D eigenvalue weighted by molar-refractivity contribution is 5.81. The Hall–Kier alpha value is -2.69. The second kappa shape index (κ2) is 8.08.